The van der Waals surface area contributed by atoms with Crippen LogP contribution in [-0.4, -0.2) is 30.3 Å². The maximum atomic E-state index is 11.1. The summed E-state index contributed by atoms with van der Waals surface area (Å²) in [7, 11) is 0. The van der Waals surface area contributed by atoms with Gasteiger partial charge in [0.2, 0.25) is 12.1 Å². The van der Waals surface area contributed by atoms with E-state index in [4.69, 9.17) is 25.8 Å². The van der Waals surface area contributed by atoms with E-state index in [0.717, 1.165) is 5.56 Å². The Bertz CT molecular complexity index is 630. The quantitative estimate of drug-likeness (QED) is 0.735. The largest absolute Gasteiger partial charge is 0.457 e. The molecule has 0 fully saturated rings. The third-order valence-corrected chi connectivity index (χ3v) is 3.25. The Labute approximate surface area is 140 Å². The van der Waals surface area contributed by atoms with Crippen molar-refractivity contribution in [1.29, 1.82) is 0 Å². The van der Waals surface area contributed by atoms with E-state index in [1.807, 2.05) is 26.8 Å². The minimum atomic E-state index is -0.713. The Morgan fingerprint density at radius 1 is 1.26 bits per heavy atom. The summed E-state index contributed by atoms with van der Waals surface area (Å²) in [5.41, 5.74) is 1.04. The fourth-order valence-electron chi connectivity index (χ4n) is 1.92. The molecule has 23 heavy (non-hydrogen) atoms. The number of benzene rings is 1. The summed E-state index contributed by atoms with van der Waals surface area (Å²) in [5, 5.41) is 0.477. The third kappa shape index (κ3) is 5.16. The normalized spacial score (nSPS) is 19.7. The second kappa shape index (κ2) is 7.25. The van der Waals surface area contributed by atoms with Crippen LogP contribution in [0.1, 0.15) is 36.7 Å². The van der Waals surface area contributed by atoms with Gasteiger partial charge in [-0.15, -0.1) is 0 Å². The second-order valence-electron chi connectivity index (χ2n) is 6.09. The fourth-order valence-corrected chi connectivity index (χ4v) is 2.20. The van der Waals surface area contributed by atoms with E-state index in [1.54, 1.807) is 18.2 Å². The molecular weight excluding hydrogens is 320 g/mol. The Hall–Kier alpha value is -1.69. The van der Waals surface area contributed by atoms with E-state index in [-0.39, 0.29) is 17.4 Å². The van der Waals surface area contributed by atoms with E-state index >= 15 is 0 Å². The van der Waals surface area contributed by atoms with Crippen molar-refractivity contribution in [3.8, 4) is 0 Å². The van der Waals surface area contributed by atoms with Crippen LogP contribution in [0, 0.1) is 0 Å². The first-order valence-corrected chi connectivity index (χ1v) is 7.59. The van der Waals surface area contributed by atoms with Gasteiger partial charge in [0.1, 0.15) is 6.61 Å². The van der Waals surface area contributed by atoms with E-state index < -0.39 is 6.29 Å². The molecule has 0 N–H and O–H groups in total. The number of ether oxygens (including phenoxy) is 3. The summed E-state index contributed by atoms with van der Waals surface area (Å²) in [6.07, 6.45) is 2.47. The molecule has 3 aliphatic heterocycles. The van der Waals surface area contributed by atoms with Crippen LogP contribution in [0.15, 0.2) is 30.4 Å². The van der Waals surface area contributed by atoms with Gasteiger partial charge in [-0.25, -0.2) is 4.79 Å². The lowest BCUT2D eigenvalue weighted by Crippen LogP contribution is -2.36. The SMILES string of the molecule is CC(C)(C)OC1OCC=CC1=O.O=C1OCc2ccc1c(Cl)c2. The monoisotopic (exact) mass is 338 g/mol. The average molecular weight is 339 g/mol. The number of ketones is 1. The first-order chi connectivity index (χ1) is 10.8. The van der Waals surface area contributed by atoms with E-state index in [1.165, 1.54) is 6.08 Å². The molecule has 0 amide bonds. The van der Waals surface area contributed by atoms with Crippen LogP contribution in [0.4, 0.5) is 0 Å². The zero-order chi connectivity index (χ0) is 17.0. The lowest BCUT2D eigenvalue weighted by atomic mass is 10.2. The van der Waals surface area contributed by atoms with Crippen LogP contribution in [0.5, 0.6) is 0 Å². The number of halogens is 1. The molecule has 0 radical (unpaired) electrons. The van der Waals surface area contributed by atoms with Gasteiger partial charge in [0.15, 0.2) is 0 Å². The van der Waals surface area contributed by atoms with Crippen LogP contribution in [-0.2, 0) is 25.6 Å². The highest BCUT2D eigenvalue weighted by Gasteiger charge is 2.25. The van der Waals surface area contributed by atoms with Crippen LogP contribution >= 0.6 is 11.6 Å². The van der Waals surface area contributed by atoms with Crippen LogP contribution < -0.4 is 0 Å². The predicted molar refractivity (Wildman–Crippen MR) is 85.3 cm³/mol. The van der Waals surface area contributed by atoms with Crippen LogP contribution in [0.3, 0.4) is 0 Å². The lowest BCUT2D eigenvalue weighted by molar-refractivity contribution is -0.194. The molecule has 1 aromatic carbocycles. The number of carbonyl (C=O) groups is 2. The zero-order valence-electron chi connectivity index (χ0n) is 13.3. The Morgan fingerprint density at radius 3 is 2.61 bits per heavy atom. The first-order valence-electron chi connectivity index (χ1n) is 7.21. The van der Waals surface area contributed by atoms with Gasteiger partial charge in [-0.3, -0.25) is 4.79 Å². The average Bonchev–Trinajstić information content (AvgIpc) is 2.71. The lowest BCUT2D eigenvalue weighted by Gasteiger charge is -2.26. The molecule has 0 saturated heterocycles. The molecular formula is C17H19ClO5. The summed E-state index contributed by atoms with van der Waals surface area (Å²) in [6, 6.07) is 5.28. The highest BCUT2D eigenvalue weighted by Crippen LogP contribution is 2.23. The molecule has 0 spiro atoms. The maximum Gasteiger partial charge on any atom is 0.339 e. The van der Waals surface area contributed by atoms with Crippen LogP contribution in [0.2, 0.25) is 5.02 Å². The molecule has 2 bridgehead atoms. The highest BCUT2D eigenvalue weighted by molar-refractivity contribution is 6.33. The minimum absolute atomic E-state index is 0.115. The number of esters is 1. The number of hydrogen-bond donors (Lipinski definition) is 0. The maximum absolute atomic E-state index is 11.1. The molecule has 0 saturated carbocycles. The molecule has 4 rings (SSSR count). The van der Waals surface area contributed by atoms with Crippen molar-refractivity contribution < 1.29 is 23.8 Å². The summed E-state index contributed by atoms with van der Waals surface area (Å²) in [4.78, 5) is 22.2. The Morgan fingerprint density at radius 2 is 2.00 bits per heavy atom. The predicted octanol–water partition coefficient (Wildman–Crippen LogP) is 3.29. The van der Waals surface area contributed by atoms with Crippen molar-refractivity contribution >= 4 is 23.4 Å². The molecule has 0 aromatic heterocycles. The number of hydrogen-bond acceptors (Lipinski definition) is 5. The van der Waals surface area contributed by atoms with Gasteiger partial charge < -0.3 is 14.2 Å². The molecule has 3 aliphatic rings. The zero-order valence-corrected chi connectivity index (χ0v) is 14.1. The van der Waals surface area contributed by atoms with Gasteiger partial charge in [-0.05, 0) is 44.5 Å². The van der Waals surface area contributed by atoms with Crippen molar-refractivity contribution in [3.05, 3.63) is 46.5 Å². The summed E-state index contributed by atoms with van der Waals surface area (Å²) < 4.78 is 15.3. The topological polar surface area (TPSA) is 61.8 Å². The standard InChI is InChI=1S/C9H14O3.C8H5ClO2/c1-9(2,3)12-8-7(10)5-4-6-11-8;9-7-3-5-1-2-6(7)8(10)11-4-5/h4-5,8H,6H2,1-3H3;1-3H,4H2. The number of rotatable bonds is 1. The first kappa shape index (κ1) is 17.7. The fraction of sp³-hybridized carbons (Fsp3) is 0.412. The second-order valence-corrected chi connectivity index (χ2v) is 6.50. The number of fused-ring (bicyclic) bond motifs is 4. The smallest absolute Gasteiger partial charge is 0.339 e. The molecule has 5 nitrogen and oxygen atoms in total. The van der Waals surface area contributed by atoms with Gasteiger partial charge in [0.05, 0.1) is 22.8 Å². The van der Waals surface area contributed by atoms with Gasteiger partial charge in [0.25, 0.3) is 0 Å². The van der Waals surface area contributed by atoms with Gasteiger partial charge in [-0.2, -0.15) is 0 Å². The molecule has 1 atom stereocenters. The summed E-state index contributed by atoms with van der Waals surface area (Å²) in [6.45, 7) is 6.45. The molecule has 0 aliphatic carbocycles. The molecule has 1 unspecified atom stereocenters. The van der Waals surface area contributed by atoms with E-state index in [9.17, 15) is 9.59 Å². The third-order valence-electron chi connectivity index (χ3n) is 2.94. The van der Waals surface area contributed by atoms with Crippen molar-refractivity contribution in [2.24, 2.45) is 0 Å². The van der Waals surface area contributed by atoms with Gasteiger partial charge in [0, 0.05) is 0 Å². The Balaban J connectivity index is 0.000000167. The van der Waals surface area contributed by atoms with Gasteiger partial charge >= 0.3 is 5.97 Å². The van der Waals surface area contributed by atoms with E-state index in [2.05, 4.69) is 0 Å². The van der Waals surface area contributed by atoms with Gasteiger partial charge in [-0.1, -0.05) is 23.7 Å². The molecule has 3 heterocycles. The molecule has 124 valence electrons. The summed E-state index contributed by atoms with van der Waals surface area (Å²) >= 11 is 5.76. The van der Waals surface area contributed by atoms with Crippen LogP contribution in [0.25, 0.3) is 0 Å². The minimum Gasteiger partial charge on any atom is -0.457 e. The van der Waals surface area contributed by atoms with E-state index in [0.29, 0.717) is 23.8 Å². The van der Waals surface area contributed by atoms with Crippen molar-refractivity contribution in [2.45, 2.75) is 39.3 Å². The van der Waals surface area contributed by atoms with Crippen molar-refractivity contribution in [3.63, 3.8) is 0 Å². The van der Waals surface area contributed by atoms with Crippen molar-refractivity contribution in [1.82, 2.24) is 0 Å². The van der Waals surface area contributed by atoms with Crippen molar-refractivity contribution in [2.75, 3.05) is 6.61 Å². The number of carbonyl (C=O) groups excluding carboxylic acids is 2. The molecule has 6 heteroatoms. The Kier molecular flexibility index (Phi) is 5.57. The highest BCUT2D eigenvalue weighted by atomic mass is 35.5. The molecule has 1 aromatic rings. The summed E-state index contributed by atoms with van der Waals surface area (Å²) in [5.74, 6) is -0.453.